The average molecular weight is 183 g/mol. The van der Waals surface area contributed by atoms with Crippen molar-refractivity contribution in [1.29, 1.82) is 5.41 Å². The zero-order chi connectivity index (χ0) is 9.30. The maximum absolute atomic E-state index is 7.22. The molecule has 1 aromatic carbocycles. The number of aryl methyl sites for hydroxylation is 1. The first-order valence-electron chi connectivity index (χ1n) is 3.63. The molecule has 0 heterocycles. The topological polar surface area (TPSA) is 49.9 Å². The standard InChI is InChI=1S/C9H11ClN2/c1-5-3-7(9(11)12)4-8(10)6(5)2/h3-4H,1-2H3,(H3,11,12). The number of hydrogen-bond acceptors (Lipinski definition) is 1. The molecule has 1 aromatic rings. The first kappa shape index (κ1) is 9.07. The molecule has 1 rings (SSSR count). The van der Waals surface area contributed by atoms with Crippen LogP contribution in [0.15, 0.2) is 12.1 Å². The summed E-state index contributed by atoms with van der Waals surface area (Å²) in [7, 11) is 0. The summed E-state index contributed by atoms with van der Waals surface area (Å²) in [6.07, 6.45) is 0. The first-order chi connectivity index (χ1) is 5.52. The van der Waals surface area contributed by atoms with E-state index in [0.29, 0.717) is 10.6 Å². The zero-order valence-corrected chi connectivity index (χ0v) is 7.87. The van der Waals surface area contributed by atoms with E-state index in [1.165, 1.54) is 0 Å². The molecule has 0 aliphatic heterocycles. The van der Waals surface area contributed by atoms with Crippen LogP contribution < -0.4 is 5.73 Å². The van der Waals surface area contributed by atoms with Crippen LogP contribution in [0.1, 0.15) is 16.7 Å². The van der Waals surface area contributed by atoms with Crippen molar-refractivity contribution >= 4 is 17.4 Å². The van der Waals surface area contributed by atoms with E-state index in [4.69, 9.17) is 22.7 Å². The average Bonchev–Trinajstić information content (AvgIpc) is 1.99. The van der Waals surface area contributed by atoms with E-state index in [2.05, 4.69) is 0 Å². The van der Waals surface area contributed by atoms with Crippen LogP contribution in [-0.4, -0.2) is 5.84 Å². The second kappa shape index (κ2) is 3.15. The summed E-state index contributed by atoms with van der Waals surface area (Å²) < 4.78 is 0. The number of nitrogens with two attached hydrogens (primary N) is 1. The van der Waals surface area contributed by atoms with E-state index in [1.807, 2.05) is 19.9 Å². The van der Waals surface area contributed by atoms with Gasteiger partial charge in [-0.05, 0) is 37.1 Å². The van der Waals surface area contributed by atoms with Crippen LogP contribution in [0.4, 0.5) is 0 Å². The van der Waals surface area contributed by atoms with Gasteiger partial charge in [-0.1, -0.05) is 11.6 Å². The Morgan fingerprint density at radius 2 is 2.00 bits per heavy atom. The molecule has 0 aliphatic carbocycles. The van der Waals surface area contributed by atoms with Gasteiger partial charge in [-0.3, -0.25) is 5.41 Å². The lowest BCUT2D eigenvalue weighted by molar-refractivity contribution is 1.32. The van der Waals surface area contributed by atoms with Crippen molar-refractivity contribution in [3.8, 4) is 0 Å². The molecule has 3 N–H and O–H groups in total. The Kier molecular flexibility index (Phi) is 2.38. The van der Waals surface area contributed by atoms with E-state index >= 15 is 0 Å². The van der Waals surface area contributed by atoms with E-state index in [-0.39, 0.29) is 5.84 Å². The number of hydrogen-bond donors (Lipinski definition) is 2. The van der Waals surface area contributed by atoms with Gasteiger partial charge in [0.2, 0.25) is 0 Å². The summed E-state index contributed by atoms with van der Waals surface area (Å²) in [6.45, 7) is 3.90. The van der Waals surface area contributed by atoms with Crippen LogP contribution in [-0.2, 0) is 0 Å². The summed E-state index contributed by atoms with van der Waals surface area (Å²) in [5.41, 5.74) is 8.12. The van der Waals surface area contributed by atoms with Gasteiger partial charge in [0.1, 0.15) is 5.84 Å². The van der Waals surface area contributed by atoms with Gasteiger partial charge in [-0.25, -0.2) is 0 Å². The predicted molar refractivity (Wildman–Crippen MR) is 51.9 cm³/mol. The van der Waals surface area contributed by atoms with Gasteiger partial charge in [-0.2, -0.15) is 0 Å². The van der Waals surface area contributed by atoms with Gasteiger partial charge < -0.3 is 5.73 Å². The second-order valence-corrected chi connectivity index (χ2v) is 3.22. The maximum Gasteiger partial charge on any atom is 0.122 e. The fourth-order valence-corrected chi connectivity index (χ4v) is 1.24. The number of halogens is 1. The van der Waals surface area contributed by atoms with Crippen molar-refractivity contribution in [2.24, 2.45) is 5.73 Å². The van der Waals surface area contributed by atoms with Gasteiger partial charge >= 0.3 is 0 Å². The number of benzene rings is 1. The maximum atomic E-state index is 7.22. The van der Waals surface area contributed by atoms with Crippen molar-refractivity contribution in [1.82, 2.24) is 0 Å². The lowest BCUT2D eigenvalue weighted by Gasteiger charge is -2.05. The normalized spacial score (nSPS) is 9.92. The molecule has 64 valence electrons. The molecule has 2 nitrogen and oxygen atoms in total. The van der Waals surface area contributed by atoms with Gasteiger partial charge in [0.25, 0.3) is 0 Å². The minimum absolute atomic E-state index is 0.0556. The van der Waals surface area contributed by atoms with Crippen LogP contribution in [0.3, 0.4) is 0 Å². The van der Waals surface area contributed by atoms with Gasteiger partial charge in [-0.15, -0.1) is 0 Å². The lowest BCUT2D eigenvalue weighted by Crippen LogP contribution is -2.11. The summed E-state index contributed by atoms with van der Waals surface area (Å²) in [6, 6.07) is 3.58. The highest BCUT2D eigenvalue weighted by atomic mass is 35.5. The summed E-state index contributed by atoms with van der Waals surface area (Å²) in [5, 5.41) is 7.89. The molecule has 0 spiro atoms. The third-order valence-corrected chi connectivity index (χ3v) is 2.31. The fraction of sp³-hybridized carbons (Fsp3) is 0.222. The predicted octanol–water partition coefficient (Wildman–Crippen LogP) is 2.24. The van der Waals surface area contributed by atoms with Crippen LogP contribution in [0.2, 0.25) is 5.02 Å². The molecule has 3 heteroatoms. The molecule has 0 saturated carbocycles. The smallest absolute Gasteiger partial charge is 0.122 e. The molecule has 0 aromatic heterocycles. The Labute approximate surface area is 76.9 Å². The third-order valence-electron chi connectivity index (χ3n) is 1.91. The van der Waals surface area contributed by atoms with Crippen molar-refractivity contribution in [3.05, 3.63) is 33.8 Å². The molecular formula is C9H11ClN2. The highest BCUT2D eigenvalue weighted by Gasteiger charge is 2.03. The largest absolute Gasteiger partial charge is 0.384 e. The van der Waals surface area contributed by atoms with Crippen LogP contribution in [0.5, 0.6) is 0 Å². The van der Waals surface area contributed by atoms with Crippen molar-refractivity contribution in [2.45, 2.75) is 13.8 Å². The molecule has 12 heavy (non-hydrogen) atoms. The Balaban J connectivity index is 3.31. The summed E-state index contributed by atoms with van der Waals surface area (Å²) in [4.78, 5) is 0. The van der Waals surface area contributed by atoms with Crippen LogP contribution >= 0.6 is 11.6 Å². The van der Waals surface area contributed by atoms with Gasteiger partial charge in [0.15, 0.2) is 0 Å². The van der Waals surface area contributed by atoms with Crippen molar-refractivity contribution in [2.75, 3.05) is 0 Å². The number of nitrogens with one attached hydrogen (secondary N) is 1. The molecule has 0 bridgehead atoms. The Morgan fingerprint density at radius 1 is 1.42 bits per heavy atom. The Bertz CT molecular complexity index is 308. The zero-order valence-electron chi connectivity index (χ0n) is 7.11. The Hall–Kier alpha value is -1.02. The van der Waals surface area contributed by atoms with Gasteiger partial charge in [0.05, 0.1) is 0 Å². The summed E-state index contributed by atoms with van der Waals surface area (Å²) in [5.74, 6) is 0.0556. The molecule has 0 amide bonds. The van der Waals surface area contributed by atoms with Crippen LogP contribution in [0, 0.1) is 19.3 Å². The number of nitrogen functional groups attached to an aromatic ring is 1. The SMILES string of the molecule is Cc1cc(C(=N)N)cc(Cl)c1C. The quantitative estimate of drug-likeness (QED) is 0.508. The van der Waals surface area contributed by atoms with E-state index in [0.717, 1.165) is 11.1 Å². The van der Waals surface area contributed by atoms with Gasteiger partial charge in [0, 0.05) is 10.6 Å². The van der Waals surface area contributed by atoms with E-state index < -0.39 is 0 Å². The molecule has 0 unspecified atom stereocenters. The summed E-state index contributed by atoms with van der Waals surface area (Å²) >= 11 is 5.91. The van der Waals surface area contributed by atoms with E-state index in [9.17, 15) is 0 Å². The molecule has 0 aliphatic rings. The van der Waals surface area contributed by atoms with Crippen molar-refractivity contribution in [3.63, 3.8) is 0 Å². The minimum atomic E-state index is 0.0556. The second-order valence-electron chi connectivity index (χ2n) is 2.81. The highest BCUT2D eigenvalue weighted by molar-refractivity contribution is 6.31. The highest BCUT2D eigenvalue weighted by Crippen LogP contribution is 2.20. The van der Waals surface area contributed by atoms with E-state index in [1.54, 1.807) is 6.07 Å². The van der Waals surface area contributed by atoms with Crippen molar-refractivity contribution < 1.29 is 0 Å². The minimum Gasteiger partial charge on any atom is -0.384 e. The lowest BCUT2D eigenvalue weighted by atomic mass is 10.1. The molecule has 0 fully saturated rings. The number of amidine groups is 1. The third kappa shape index (κ3) is 1.59. The first-order valence-corrected chi connectivity index (χ1v) is 4.01. The molecule has 0 radical (unpaired) electrons. The van der Waals surface area contributed by atoms with Crippen LogP contribution in [0.25, 0.3) is 0 Å². The number of rotatable bonds is 1. The monoisotopic (exact) mass is 182 g/mol. The fourth-order valence-electron chi connectivity index (χ4n) is 0.972. The molecule has 0 saturated heterocycles. The Morgan fingerprint density at radius 3 is 2.42 bits per heavy atom. The molecular weight excluding hydrogens is 172 g/mol. The molecule has 0 atom stereocenters.